The number of amides is 1. The SMILES string of the molecule is C=C1C(N2CCOCC2)CC2[C@](C)(CC[C@@H](O)[C@@]2(C)CO)C1/C=C/C1=CC(=C\C2=CN3C(=O)C(CC)N(C)C3C=C2)/OC1=O.O=C=O. The summed E-state index contributed by atoms with van der Waals surface area (Å²) in [6.45, 7) is 13.8. The zero-order valence-corrected chi connectivity index (χ0v) is 27.8. The van der Waals surface area contributed by atoms with Gasteiger partial charge in [0, 0.05) is 36.7 Å². The number of aliphatic hydroxyl groups excluding tert-OH is 2. The van der Waals surface area contributed by atoms with Crippen molar-refractivity contribution in [3.8, 4) is 0 Å². The van der Waals surface area contributed by atoms with Crippen LogP contribution in [0.3, 0.4) is 0 Å². The van der Waals surface area contributed by atoms with Gasteiger partial charge in [-0.05, 0) is 67.9 Å². The molecule has 11 heteroatoms. The molecular weight excluding hydrogens is 602 g/mol. The standard InChI is InChI=1S/C35H47N3O6.CO2/c1-6-27-32(41)38-20-23(7-10-31(38)36(27)5)17-25-18-24(33(42)44-25)8-9-26-22(2)28(37-13-15-43-16-14-37)19-29-34(26,3)12-11-30(40)35(29,4)21-39;2-1-3/h7-10,17-18,20,26-31,39-40H,2,6,11-16,19,21H2,1,3-5H3;/b9-8+,25-17+;/t26?,27?,28?,29?,30-,31?,34-,35+;/m1./s1. The molecule has 8 atom stereocenters. The number of ether oxygens (including phenoxy) is 2. The minimum atomic E-state index is -0.630. The molecule has 0 aromatic heterocycles. The van der Waals surface area contributed by atoms with E-state index < -0.39 is 17.5 Å². The summed E-state index contributed by atoms with van der Waals surface area (Å²) in [4.78, 5) is 48.4. The Morgan fingerprint density at radius 1 is 1.19 bits per heavy atom. The largest absolute Gasteiger partial charge is 0.423 e. The third-order valence-electron chi connectivity index (χ3n) is 11.5. The van der Waals surface area contributed by atoms with Gasteiger partial charge in [-0.2, -0.15) is 9.59 Å². The van der Waals surface area contributed by atoms with Crippen molar-refractivity contribution >= 4 is 18.0 Å². The summed E-state index contributed by atoms with van der Waals surface area (Å²) in [6.07, 6.45) is 15.8. The van der Waals surface area contributed by atoms with E-state index in [0.717, 1.165) is 43.5 Å². The van der Waals surface area contributed by atoms with Crippen LogP contribution in [0.25, 0.3) is 0 Å². The molecule has 6 aliphatic rings. The van der Waals surface area contributed by atoms with Crippen molar-refractivity contribution in [1.82, 2.24) is 14.7 Å². The molecule has 2 saturated carbocycles. The van der Waals surface area contributed by atoms with Crippen molar-refractivity contribution in [1.29, 1.82) is 0 Å². The van der Waals surface area contributed by atoms with E-state index in [4.69, 9.17) is 19.1 Å². The molecule has 2 saturated heterocycles. The highest BCUT2D eigenvalue weighted by Crippen LogP contribution is 2.62. The third-order valence-corrected chi connectivity index (χ3v) is 11.5. The highest BCUT2D eigenvalue weighted by molar-refractivity contribution is 5.95. The van der Waals surface area contributed by atoms with Crippen LogP contribution in [-0.2, 0) is 28.7 Å². The average Bonchev–Trinajstić information content (AvgIpc) is 3.53. The number of nitrogens with zero attached hydrogens (tertiary/aromatic N) is 3. The summed E-state index contributed by atoms with van der Waals surface area (Å²) in [5.41, 5.74) is 1.49. The van der Waals surface area contributed by atoms with Crippen LogP contribution >= 0.6 is 0 Å². The van der Waals surface area contributed by atoms with E-state index in [0.29, 0.717) is 31.0 Å². The van der Waals surface area contributed by atoms with Crippen molar-refractivity contribution in [3.05, 3.63) is 71.7 Å². The Kier molecular flexibility index (Phi) is 10.4. The van der Waals surface area contributed by atoms with Crippen LogP contribution < -0.4 is 0 Å². The summed E-state index contributed by atoms with van der Waals surface area (Å²) >= 11 is 0. The molecule has 0 bridgehead atoms. The van der Waals surface area contributed by atoms with Gasteiger partial charge in [-0.3, -0.25) is 19.5 Å². The van der Waals surface area contributed by atoms with Gasteiger partial charge in [0.2, 0.25) is 5.91 Å². The lowest BCUT2D eigenvalue weighted by Crippen LogP contribution is -2.61. The number of rotatable bonds is 6. The Balaban J connectivity index is 0.00000139. The number of aliphatic hydroxyl groups is 2. The molecule has 4 aliphatic heterocycles. The molecule has 254 valence electrons. The van der Waals surface area contributed by atoms with Crippen LogP contribution in [0, 0.1) is 22.7 Å². The first-order valence-corrected chi connectivity index (χ1v) is 16.5. The smallest absolute Gasteiger partial charge is 0.373 e. The Morgan fingerprint density at radius 2 is 1.89 bits per heavy atom. The fraction of sp³-hybridized carbons (Fsp3) is 0.583. The van der Waals surface area contributed by atoms with Crippen LogP contribution in [0.15, 0.2) is 71.7 Å². The molecule has 5 unspecified atom stereocenters. The number of morpholine rings is 1. The Hall–Kier alpha value is -3.44. The van der Waals surface area contributed by atoms with Gasteiger partial charge >= 0.3 is 12.1 Å². The van der Waals surface area contributed by atoms with Gasteiger partial charge in [-0.15, -0.1) is 0 Å². The molecule has 0 aromatic carbocycles. The van der Waals surface area contributed by atoms with Crippen LogP contribution in [0.2, 0.25) is 0 Å². The van der Waals surface area contributed by atoms with Crippen LogP contribution in [-0.4, -0.2) is 107 Å². The second kappa shape index (κ2) is 14.0. The molecule has 11 nitrogen and oxygen atoms in total. The summed E-state index contributed by atoms with van der Waals surface area (Å²) < 4.78 is 11.3. The van der Waals surface area contributed by atoms with E-state index in [-0.39, 0.29) is 54.2 Å². The van der Waals surface area contributed by atoms with Gasteiger partial charge < -0.3 is 19.7 Å². The highest BCUT2D eigenvalue weighted by atomic mass is 16.5. The zero-order valence-electron chi connectivity index (χ0n) is 27.8. The second-order valence-electron chi connectivity index (χ2n) is 13.9. The molecule has 0 radical (unpaired) electrons. The number of carbonyl (C=O) groups is 2. The number of allylic oxidation sites excluding steroid dienone is 5. The quantitative estimate of drug-likeness (QED) is 0.327. The van der Waals surface area contributed by atoms with Crippen molar-refractivity contribution in [2.24, 2.45) is 22.7 Å². The molecule has 2 aliphatic carbocycles. The molecule has 47 heavy (non-hydrogen) atoms. The maximum absolute atomic E-state index is 13.0. The normalized spacial score (nSPS) is 38.4. The van der Waals surface area contributed by atoms with E-state index in [1.165, 1.54) is 0 Å². The molecule has 2 N–H and O–H groups in total. The minimum Gasteiger partial charge on any atom is -0.423 e. The van der Waals surface area contributed by atoms with E-state index in [1.54, 1.807) is 17.1 Å². The number of cyclic esters (lactones) is 1. The van der Waals surface area contributed by atoms with E-state index in [2.05, 4.69) is 29.4 Å². The predicted octanol–water partition coefficient (Wildman–Crippen LogP) is 2.71. The Bertz CT molecular complexity index is 1450. The molecule has 1 amide bonds. The monoisotopic (exact) mass is 649 g/mol. The van der Waals surface area contributed by atoms with E-state index in [9.17, 15) is 19.8 Å². The Morgan fingerprint density at radius 3 is 2.55 bits per heavy atom. The van der Waals surface area contributed by atoms with Gasteiger partial charge in [-0.1, -0.05) is 51.2 Å². The number of hydrogen-bond donors (Lipinski definition) is 2. The first kappa shape index (κ1) is 34.9. The van der Waals surface area contributed by atoms with Gasteiger partial charge in [0.05, 0.1) is 37.5 Å². The van der Waals surface area contributed by atoms with Crippen molar-refractivity contribution < 1.29 is 38.9 Å². The van der Waals surface area contributed by atoms with Gasteiger partial charge in [0.15, 0.2) is 0 Å². The number of likely N-dealkylation sites (N-methyl/N-ethyl adjacent to an activating group) is 1. The molecular formula is C36H47N3O8. The van der Waals surface area contributed by atoms with Crippen LogP contribution in [0.5, 0.6) is 0 Å². The first-order valence-electron chi connectivity index (χ1n) is 16.5. The van der Waals surface area contributed by atoms with Gasteiger partial charge in [0.25, 0.3) is 0 Å². The predicted molar refractivity (Wildman–Crippen MR) is 172 cm³/mol. The fourth-order valence-electron chi connectivity index (χ4n) is 8.82. The van der Waals surface area contributed by atoms with Crippen molar-refractivity contribution in [2.45, 2.75) is 70.8 Å². The summed E-state index contributed by atoms with van der Waals surface area (Å²) in [5.74, 6) is 0.0959. The molecule has 4 heterocycles. The number of carbonyl (C=O) groups excluding carboxylic acids is 4. The van der Waals surface area contributed by atoms with Gasteiger partial charge in [-0.25, -0.2) is 4.79 Å². The maximum Gasteiger partial charge on any atom is 0.373 e. The number of fused-ring (bicyclic) bond motifs is 2. The average molecular weight is 650 g/mol. The van der Waals surface area contributed by atoms with E-state index >= 15 is 0 Å². The lowest BCUT2D eigenvalue weighted by molar-refractivity contribution is -0.191. The Labute approximate surface area is 276 Å². The zero-order chi connectivity index (χ0) is 34.1. The van der Waals surface area contributed by atoms with Gasteiger partial charge in [0.1, 0.15) is 11.9 Å². The lowest BCUT2D eigenvalue weighted by atomic mass is 9.45. The fourth-order valence-corrected chi connectivity index (χ4v) is 8.82. The molecule has 6 rings (SSSR count). The van der Waals surface area contributed by atoms with Crippen molar-refractivity contribution in [2.75, 3.05) is 40.0 Å². The molecule has 0 spiro atoms. The van der Waals surface area contributed by atoms with Crippen LogP contribution in [0.4, 0.5) is 0 Å². The summed E-state index contributed by atoms with van der Waals surface area (Å²) in [6, 6.07) is -0.0494. The number of hydrogen-bond acceptors (Lipinski definition) is 10. The van der Waals surface area contributed by atoms with Crippen LogP contribution in [0.1, 0.15) is 46.5 Å². The highest BCUT2D eigenvalue weighted by Gasteiger charge is 2.59. The lowest BCUT2D eigenvalue weighted by Gasteiger charge is -2.62. The summed E-state index contributed by atoms with van der Waals surface area (Å²) in [5, 5.41) is 21.7. The first-order chi connectivity index (χ1) is 22.4. The topological polar surface area (TPSA) is 137 Å². The molecule has 0 aromatic rings. The maximum atomic E-state index is 13.0. The third kappa shape index (κ3) is 6.28. The number of esters is 1. The molecule has 4 fully saturated rings. The van der Waals surface area contributed by atoms with E-state index in [1.807, 2.05) is 45.3 Å². The minimum absolute atomic E-state index is 0.0557. The second-order valence-corrected chi connectivity index (χ2v) is 13.9. The summed E-state index contributed by atoms with van der Waals surface area (Å²) in [7, 11) is 1.96. The van der Waals surface area contributed by atoms with Crippen molar-refractivity contribution in [3.63, 3.8) is 0 Å².